The molecule has 3 N–H and O–H groups in total. The number of aromatic nitrogens is 3. The summed E-state index contributed by atoms with van der Waals surface area (Å²) in [4.78, 5) is 15.2. The SMILES string of the molecule is C#CC(/C=C\C(O)=C(/C)C(=O)O)NC(=C/C)/N=C\c1cn(-c2ccccc2)nn1. The molecule has 1 atom stereocenters. The number of nitrogens with zero attached hydrogens (tertiary/aromatic N) is 4. The predicted octanol–water partition coefficient (Wildman–Crippen LogP) is 2.61. The number of para-hydroxylation sites is 1. The van der Waals surface area contributed by atoms with Crippen LogP contribution in [0.1, 0.15) is 19.5 Å². The summed E-state index contributed by atoms with van der Waals surface area (Å²) in [7, 11) is 0. The molecule has 1 unspecified atom stereocenters. The first-order valence-corrected chi connectivity index (χ1v) is 8.66. The number of carbonyl (C=O) groups is 1. The zero-order chi connectivity index (χ0) is 21.2. The fourth-order valence-electron chi connectivity index (χ4n) is 2.10. The standard InChI is InChI=1S/C21H21N5O3/c1-4-16(11-12-19(27)15(3)21(28)29)23-20(5-2)22-13-17-14-26(25-24-17)18-9-7-6-8-10-18/h1,5-14,16,23,27H,2-3H3,(H,28,29)/b12-11-,19-15-,20-5+,22-13-. The van der Waals surface area contributed by atoms with Crippen molar-refractivity contribution in [1.29, 1.82) is 0 Å². The van der Waals surface area contributed by atoms with Gasteiger partial charge in [-0.1, -0.05) is 29.3 Å². The fraction of sp³-hybridized carbons (Fsp3) is 0.143. The molecule has 2 aromatic rings. The normalized spacial score (nSPS) is 13.9. The first-order valence-electron chi connectivity index (χ1n) is 8.66. The Morgan fingerprint density at radius 2 is 2.07 bits per heavy atom. The minimum atomic E-state index is -1.21. The van der Waals surface area contributed by atoms with Crippen molar-refractivity contribution in [3.05, 3.63) is 77.6 Å². The number of benzene rings is 1. The Hall–Kier alpha value is -4.12. The number of rotatable bonds is 8. The van der Waals surface area contributed by atoms with Crippen LogP contribution < -0.4 is 5.32 Å². The van der Waals surface area contributed by atoms with E-state index in [-0.39, 0.29) is 11.3 Å². The number of carboxylic acids is 1. The molecule has 8 heteroatoms. The van der Waals surface area contributed by atoms with E-state index in [2.05, 4.69) is 26.5 Å². The Balaban J connectivity index is 2.06. The van der Waals surface area contributed by atoms with Crippen molar-refractivity contribution < 1.29 is 15.0 Å². The third-order valence-corrected chi connectivity index (χ3v) is 3.78. The van der Waals surface area contributed by atoms with Gasteiger partial charge in [-0.05, 0) is 44.2 Å². The highest BCUT2D eigenvalue weighted by Crippen LogP contribution is 2.06. The second-order valence-corrected chi connectivity index (χ2v) is 5.82. The smallest absolute Gasteiger partial charge is 0.335 e. The van der Waals surface area contributed by atoms with Gasteiger partial charge in [-0.2, -0.15) is 0 Å². The van der Waals surface area contributed by atoms with Crippen molar-refractivity contribution in [2.75, 3.05) is 0 Å². The first kappa shape index (κ1) is 21.2. The number of aliphatic imine (C=N–C) groups is 1. The van der Waals surface area contributed by atoms with Gasteiger partial charge in [0.15, 0.2) is 0 Å². The monoisotopic (exact) mass is 391 g/mol. The Labute approximate surface area is 168 Å². The highest BCUT2D eigenvalue weighted by molar-refractivity contribution is 5.86. The number of aliphatic hydroxyl groups excluding tert-OH is 1. The fourth-order valence-corrected chi connectivity index (χ4v) is 2.10. The number of hydrogen-bond acceptors (Lipinski definition) is 6. The Kier molecular flexibility index (Phi) is 7.51. The lowest BCUT2D eigenvalue weighted by Gasteiger charge is -2.10. The molecule has 0 aliphatic heterocycles. The number of hydrogen-bond donors (Lipinski definition) is 3. The summed E-state index contributed by atoms with van der Waals surface area (Å²) in [6.07, 6.45) is 13.2. The lowest BCUT2D eigenvalue weighted by Crippen LogP contribution is -2.24. The van der Waals surface area contributed by atoms with E-state index in [4.69, 9.17) is 11.5 Å². The second kappa shape index (κ2) is 10.3. The summed E-state index contributed by atoms with van der Waals surface area (Å²) in [6, 6.07) is 8.95. The number of allylic oxidation sites excluding steroid dienone is 2. The van der Waals surface area contributed by atoms with Crippen LogP contribution in [-0.2, 0) is 4.79 Å². The number of terminal acetylenes is 1. The topological polar surface area (TPSA) is 113 Å². The predicted molar refractivity (Wildman–Crippen MR) is 111 cm³/mol. The van der Waals surface area contributed by atoms with Gasteiger partial charge in [0.2, 0.25) is 0 Å². The van der Waals surface area contributed by atoms with Crippen LogP contribution in [-0.4, -0.2) is 43.4 Å². The maximum Gasteiger partial charge on any atom is 0.335 e. The number of nitrogens with one attached hydrogen (secondary N) is 1. The van der Waals surface area contributed by atoms with E-state index >= 15 is 0 Å². The van der Waals surface area contributed by atoms with Gasteiger partial charge in [0.1, 0.15) is 23.3 Å². The van der Waals surface area contributed by atoms with Crippen LogP contribution in [0.4, 0.5) is 0 Å². The highest BCUT2D eigenvalue weighted by atomic mass is 16.4. The lowest BCUT2D eigenvalue weighted by molar-refractivity contribution is -0.132. The summed E-state index contributed by atoms with van der Waals surface area (Å²) < 4.78 is 1.64. The molecule has 1 heterocycles. The summed E-state index contributed by atoms with van der Waals surface area (Å²) in [5, 5.41) is 29.7. The molecule has 1 aromatic heterocycles. The summed E-state index contributed by atoms with van der Waals surface area (Å²) in [5.41, 5.74) is 1.26. The van der Waals surface area contributed by atoms with Crippen LogP contribution in [0.2, 0.25) is 0 Å². The molecule has 0 saturated carbocycles. The van der Waals surface area contributed by atoms with Crippen molar-refractivity contribution in [3.63, 3.8) is 0 Å². The average Bonchev–Trinajstić information content (AvgIpc) is 3.22. The summed E-state index contributed by atoms with van der Waals surface area (Å²) in [5.74, 6) is 1.38. The molecule has 0 spiro atoms. The van der Waals surface area contributed by atoms with Crippen LogP contribution in [0.5, 0.6) is 0 Å². The van der Waals surface area contributed by atoms with Crippen LogP contribution in [0.3, 0.4) is 0 Å². The lowest BCUT2D eigenvalue weighted by atomic mass is 10.2. The van der Waals surface area contributed by atoms with Gasteiger partial charge in [-0.15, -0.1) is 11.5 Å². The van der Waals surface area contributed by atoms with E-state index in [1.54, 1.807) is 23.9 Å². The average molecular weight is 391 g/mol. The van der Waals surface area contributed by atoms with Crippen molar-refractivity contribution in [1.82, 2.24) is 20.3 Å². The molecule has 29 heavy (non-hydrogen) atoms. The molecule has 2 rings (SSSR count). The summed E-state index contributed by atoms with van der Waals surface area (Å²) >= 11 is 0. The Morgan fingerprint density at radius 1 is 1.34 bits per heavy atom. The zero-order valence-corrected chi connectivity index (χ0v) is 16.0. The zero-order valence-electron chi connectivity index (χ0n) is 16.0. The van der Waals surface area contributed by atoms with E-state index in [9.17, 15) is 9.90 Å². The van der Waals surface area contributed by atoms with Gasteiger partial charge in [0, 0.05) is 0 Å². The van der Waals surface area contributed by atoms with Crippen molar-refractivity contribution in [2.24, 2.45) is 4.99 Å². The van der Waals surface area contributed by atoms with Crippen LogP contribution >= 0.6 is 0 Å². The molecule has 0 aliphatic rings. The number of carboxylic acid groups (broad SMARTS) is 1. The molecule has 148 valence electrons. The van der Waals surface area contributed by atoms with E-state index in [0.717, 1.165) is 5.69 Å². The minimum absolute atomic E-state index is 0.178. The first-order chi connectivity index (χ1) is 13.9. The molecular formula is C21H21N5O3. The molecular weight excluding hydrogens is 370 g/mol. The minimum Gasteiger partial charge on any atom is -0.507 e. The molecule has 8 nitrogen and oxygen atoms in total. The van der Waals surface area contributed by atoms with Gasteiger partial charge in [-0.3, -0.25) is 0 Å². The van der Waals surface area contributed by atoms with Gasteiger partial charge in [0.05, 0.1) is 23.7 Å². The number of aliphatic hydroxyl groups is 1. The largest absolute Gasteiger partial charge is 0.507 e. The molecule has 0 radical (unpaired) electrons. The molecule has 0 amide bonds. The summed E-state index contributed by atoms with van der Waals surface area (Å²) in [6.45, 7) is 3.08. The van der Waals surface area contributed by atoms with Gasteiger partial charge in [0.25, 0.3) is 0 Å². The Bertz CT molecular complexity index is 1010. The third kappa shape index (κ3) is 6.22. The molecule has 0 aliphatic carbocycles. The quantitative estimate of drug-likeness (QED) is 0.210. The maximum atomic E-state index is 10.8. The molecule has 1 aromatic carbocycles. The molecule has 0 fully saturated rings. The maximum absolute atomic E-state index is 10.8. The highest BCUT2D eigenvalue weighted by Gasteiger charge is 2.07. The van der Waals surface area contributed by atoms with Gasteiger partial charge < -0.3 is 15.5 Å². The molecule has 0 bridgehead atoms. The van der Waals surface area contributed by atoms with Crippen LogP contribution in [0.25, 0.3) is 5.69 Å². The van der Waals surface area contributed by atoms with Crippen molar-refractivity contribution >= 4 is 12.2 Å². The second-order valence-electron chi connectivity index (χ2n) is 5.82. The molecule has 0 saturated heterocycles. The van der Waals surface area contributed by atoms with Crippen LogP contribution in [0.15, 0.2) is 76.9 Å². The van der Waals surface area contributed by atoms with E-state index < -0.39 is 12.0 Å². The van der Waals surface area contributed by atoms with Gasteiger partial charge in [-0.25, -0.2) is 14.5 Å². The Morgan fingerprint density at radius 3 is 2.69 bits per heavy atom. The third-order valence-electron chi connectivity index (χ3n) is 3.78. The van der Waals surface area contributed by atoms with Crippen molar-refractivity contribution in [3.8, 4) is 18.0 Å². The number of aliphatic carboxylic acids is 1. The van der Waals surface area contributed by atoms with Gasteiger partial charge >= 0.3 is 5.97 Å². The van der Waals surface area contributed by atoms with E-state index in [0.29, 0.717) is 11.5 Å². The van der Waals surface area contributed by atoms with E-state index in [1.807, 2.05) is 30.3 Å². The van der Waals surface area contributed by atoms with Crippen LogP contribution in [0, 0.1) is 12.3 Å². The van der Waals surface area contributed by atoms with E-state index in [1.165, 1.54) is 25.3 Å². The van der Waals surface area contributed by atoms with Crippen molar-refractivity contribution in [2.45, 2.75) is 19.9 Å².